The number of nitrogen functional groups attached to an aromatic ring is 1. The third-order valence-electron chi connectivity index (χ3n) is 2.38. The van der Waals surface area contributed by atoms with Gasteiger partial charge >= 0.3 is 0 Å². The van der Waals surface area contributed by atoms with E-state index in [-0.39, 0.29) is 22.1 Å². The van der Waals surface area contributed by atoms with Gasteiger partial charge in [-0.3, -0.25) is 10.1 Å². The van der Waals surface area contributed by atoms with E-state index in [1.807, 2.05) is 0 Å². The van der Waals surface area contributed by atoms with Crippen LogP contribution < -0.4 is 11.1 Å². The Bertz CT molecular complexity index is 629. The highest BCUT2D eigenvalue weighted by atomic mass is 35.5. The van der Waals surface area contributed by atoms with Gasteiger partial charge in [-0.25, -0.2) is 4.39 Å². The van der Waals surface area contributed by atoms with Crippen LogP contribution in [0.25, 0.3) is 0 Å². The quantitative estimate of drug-likeness (QED) is 0.510. The summed E-state index contributed by atoms with van der Waals surface area (Å²) in [5.74, 6) is -0.558. The molecule has 0 aromatic heterocycles. The lowest BCUT2D eigenvalue weighted by Crippen LogP contribution is -1.98. The lowest BCUT2D eigenvalue weighted by atomic mass is 10.2. The van der Waals surface area contributed by atoms with Crippen molar-refractivity contribution in [3.8, 4) is 0 Å². The van der Waals surface area contributed by atoms with E-state index in [1.54, 1.807) is 0 Å². The van der Waals surface area contributed by atoms with Crippen LogP contribution in [0, 0.1) is 15.9 Å². The molecule has 0 aliphatic heterocycles. The number of nitrogens with zero attached hydrogens (tertiary/aromatic N) is 1. The van der Waals surface area contributed by atoms with Gasteiger partial charge in [0, 0.05) is 23.5 Å². The largest absolute Gasteiger partial charge is 0.398 e. The first-order valence-corrected chi connectivity index (χ1v) is 5.61. The molecule has 2 aromatic carbocycles. The van der Waals surface area contributed by atoms with Crippen molar-refractivity contribution in [2.24, 2.45) is 0 Å². The number of rotatable bonds is 3. The molecule has 7 heteroatoms. The van der Waals surface area contributed by atoms with Crippen LogP contribution in [-0.2, 0) is 0 Å². The second-order valence-corrected chi connectivity index (χ2v) is 4.20. The van der Waals surface area contributed by atoms with Crippen molar-refractivity contribution in [1.82, 2.24) is 0 Å². The number of anilines is 3. The van der Waals surface area contributed by atoms with Gasteiger partial charge in [0.1, 0.15) is 5.82 Å². The second kappa shape index (κ2) is 5.11. The Balaban J connectivity index is 2.41. The predicted octanol–water partition coefficient (Wildman–Crippen LogP) is 3.71. The third kappa shape index (κ3) is 2.92. The molecule has 0 saturated heterocycles. The molecule has 0 atom stereocenters. The van der Waals surface area contributed by atoms with Crippen LogP contribution in [0.15, 0.2) is 36.4 Å². The number of non-ortho nitro benzene ring substituents is 1. The minimum absolute atomic E-state index is 0.0454. The van der Waals surface area contributed by atoms with E-state index in [1.165, 1.54) is 36.4 Å². The molecular formula is C12H9ClFN3O2. The topological polar surface area (TPSA) is 81.2 Å². The number of hydrogen-bond donors (Lipinski definition) is 2. The fourth-order valence-electron chi connectivity index (χ4n) is 1.57. The molecule has 0 bridgehead atoms. The van der Waals surface area contributed by atoms with E-state index in [0.29, 0.717) is 5.69 Å². The van der Waals surface area contributed by atoms with Gasteiger partial charge in [-0.2, -0.15) is 0 Å². The highest BCUT2D eigenvalue weighted by Gasteiger charge is 2.11. The second-order valence-electron chi connectivity index (χ2n) is 3.79. The Kier molecular flexibility index (Phi) is 3.52. The third-order valence-corrected chi connectivity index (χ3v) is 2.70. The average Bonchev–Trinajstić information content (AvgIpc) is 2.33. The summed E-state index contributed by atoms with van der Waals surface area (Å²) in [7, 11) is 0. The Labute approximate surface area is 113 Å². The molecule has 19 heavy (non-hydrogen) atoms. The summed E-state index contributed by atoms with van der Waals surface area (Å²) < 4.78 is 13.6. The standard InChI is InChI=1S/C12H9ClFN3O2/c13-10-2-1-3-11(14)12(10)16-8-4-7(15)5-9(6-8)17(18)19/h1-6,16H,15H2. The first-order chi connectivity index (χ1) is 8.97. The lowest BCUT2D eigenvalue weighted by molar-refractivity contribution is -0.384. The van der Waals surface area contributed by atoms with Crippen LogP contribution in [0.4, 0.5) is 27.1 Å². The lowest BCUT2D eigenvalue weighted by Gasteiger charge is -2.10. The maximum Gasteiger partial charge on any atom is 0.273 e. The Hall–Kier alpha value is -2.34. The SMILES string of the molecule is Nc1cc(Nc2c(F)cccc2Cl)cc([N+](=O)[O-])c1. The number of nitrogens with one attached hydrogen (secondary N) is 1. The zero-order chi connectivity index (χ0) is 14.0. The maximum absolute atomic E-state index is 13.6. The summed E-state index contributed by atoms with van der Waals surface area (Å²) in [6.45, 7) is 0. The maximum atomic E-state index is 13.6. The molecular weight excluding hydrogens is 273 g/mol. The summed E-state index contributed by atoms with van der Waals surface area (Å²) in [6, 6.07) is 8.12. The van der Waals surface area contributed by atoms with Gasteiger partial charge in [-0.05, 0) is 18.2 Å². The number of benzene rings is 2. The molecule has 2 rings (SSSR count). The number of nitro groups is 1. The molecule has 0 spiro atoms. The van der Waals surface area contributed by atoms with Crippen LogP contribution in [0.3, 0.4) is 0 Å². The van der Waals surface area contributed by atoms with Crippen LogP contribution >= 0.6 is 11.6 Å². The van der Waals surface area contributed by atoms with E-state index in [0.717, 1.165) is 0 Å². The molecule has 98 valence electrons. The average molecular weight is 282 g/mol. The van der Waals surface area contributed by atoms with E-state index in [9.17, 15) is 14.5 Å². The molecule has 0 saturated carbocycles. The van der Waals surface area contributed by atoms with Crippen LogP contribution in [-0.4, -0.2) is 4.92 Å². The van der Waals surface area contributed by atoms with Crippen molar-refractivity contribution in [2.45, 2.75) is 0 Å². The van der Waals surface area contributed by atoms with E-state index in [2.05, 4.69) is 5.32 Å². The summed E-state index contributed by atoms with van der Waals surface area (Å²) >= 11 is 5.85. The van der Waals surface area contributed by atoms with E-state index >= 15 is 0 Å². The van der Waals surface area contributed by atoms with Crippen LogP contribution in [0.1, 0.15) is 0 Å². The molecule has 5 nitrogen and oxygen atoms in total. The number of hydrogen-bond acceptors (Lipinski definition) is 4. The van der Waals surface area contributed by atoms with Gasteiger partial charge in [0.15, 0.2) is 0 Å². The molecule has 3 N–H and O–H groups in total. The highest BCUT2D eigenvalue weighted by molar-refractivity contribution is 6.33. The monoisotopic (exact) mass is 281 g/mol. The molecule has 0 aliphatic carbocycles. The molecule has 0 aliphatic rings. The number of nitrogens with two attached hydrogens (primary N) is 1. The first kappa shape index (κ1) is 13.1. The molecule has 2 aromatic rings. The normalized spacial score (nSPS) is 10.2. The number of nitro benzene ring substituents is 1. The minimum atomic E-state index is -0.579. The Morgan fingerprint density at radius 1 is 1.32 bits per heavy atom. The first-order valence-electron chi connectivity index (χ1n) is 5.23. The van der Waals surface area contributed by atoms with Crippen molar-refractivity contribution in [3.05, 3.63) is 57.4 Å². The Morgan fingerprint density at radius 2 is 2.05 bits per heavy atom. The smallest absolute Gasteiger partial charge is 0.273 e. The van der Waals surface area contributed by atoms with E-state index in [4.69, 9.17) is 17.3 Å². The zero-order valence-electron chi connectivity index (χ0n) is 9.56. The predicted molar refractivity (Wildman–Crippen MR) is 72.2 cm³/mol. The van der Waals surface area contributed by atoms with Crippen molar-refractivity contribution in [2.75, 3.05) is 11.1 Å². The summed E-state index contributed by atoms with van der Waals surface area (Å²) in [5, 5.41) is 13.6. The number of para-hydroxylation sites is 1. The minimum Gasteiger partial charge on any atom is -0.398 e. The molecule has 0 unspecified atom stereocenters. The molecule has 0 heterocycles. The van der Waals surface area contributed by atoms with Crippen molar-refractivity contribution < 1.29 is 9.31 Å². The molecule has 0 radical (unpaired) electrons. The summed E-state index contributed by atoms with van der Waals surface area (Å²) in [6.07, 6.45) is 0. The van der Waals surface area contributed by atoms with Gasteiger partial charge in [0.2, 0.25) is 0 Å². The fraction of sp³-hybridized carbons (Fsp3) is 0. The fourth-order valence-corrected chi connectivity index (χ4v) is 1.78. The van der Waals surface area contributed by atoms with Gasteiger partial charge in [0.05, 0.1) is 15.6 Å². The molecule has 0 amide bonds. The zero-order valence-corrected chi connectivity index (χ0v) is 10.3. The van der Waals surface area contributed by atoms with Gasteiger partial charge in [0.25, 0.3) is 5.69 Å². The Morgan fingerprint density at radius 3 is 2.68 bits per heavy atom. The van der Waals surface area contributed by atoms with Gasteiger partial charge < -0.3 is 11.1 Å². The summed E-state index contributed by atoms with van der Waals surface area (Å²) in [5.41, 5.74) is 5.90. The van der Waals surface area contributed by atoms with Crippen molar-refractivity contribution in [1.29, 1.82) is 0 Å². The van der Waals surface area contributed by atoms with Crippen molar-refractivity contribution >= 4 is 34.4 Å². The van der Waals surface area contributed by atoms with Gasteiger partial charge in [-0.15, -0.1) is 0 Å². The highest BCUT2D eigenvalue weighted by Crippen LogP contribution is 2.30. The molecule has 0 fully saturated rings. The van der Waals surface area contributed by atoms with Gasteiger partial charge in [-0.1, -0.05) is 17.7 Å². The van der Waals surface area contributed by atoms with E-state index < -0.39 is 10.7 Å². The number of halogens is 2. The van der Waals surface area contributed by atoms with Crippen LogP contribution in [0.5, 0.6) is 0 Å². The van der Waals surface area contributed by atoms with Crippen molar-refractivity contribution in [3.63, 3.8) is 0 Å². The van der Waals surface area contributed by atoms with Crippen LogP contribution in [0.2, 0.25) is 5.02 Å². The summed E-state index contributed by atoms with van der Waals surface area (Å²) in [4.78, 5) is 10.1.